The third kappa shape index (κ3) is 5.51. The predicted molar refractivity (Wildman–Crippen MR) is 87.3 cm³/mol. The maximum Gasteiger partial charge on any atom is 0.307 e. The average Bonchev–Trinajstić information content (AvgIpc) is 3.11. The smallest absolute Gasteiger partial charge is 0.307 e. The van der Waals surface area contributed by atoms with Crippen LogP contribution in [-0.4, -0.2) is 28.6 Å². The molecular formula is C17H21N3O4. The van der Waals surface area contributed by atoms with Gasteiger partial charge in [-0.2, -0.15) is 0 Å². The van der Waals surface area contributed by atoms with Crippen LogP contribution in [0.2, 0.25) is 0 Å². The van der Waals surface area contributed by atoms with E-state index in [0.29, 0.717) is 25.1 Å². The Kier molecular flexibility index (Phi) is 6.97. The second-order valence-corrected chi connectivity index (χ2v) is 5.35. The Morgan fingerprint density at radius 2 is 1.83 bits per heavy atom. The van der Waals surface area contributed by atoms with Crippen LogP contribution >= 0.6 is 0 Å². The fraction of sp³-hybridized carbons (Fsp3) is 0.353. The number of benzene rings is 1. The molecule has 1 heterocycles. The molecule has 3 N–H and O–H groups in total. The summed E-state index contributed by atoms with van der Waals surface area (Å²) in [6, 6.07) is 9.46. The molecule has 2 rings (SSSR count). The summed E-state index contributed by atoms with van der Waals surface area (Å²) >= 11 is 0. The van der Waals surface area contributed by atoms with Crippen molar-refractivity contribution >= 4 is 11.8 Å². The average molecular weight is 331 g/mol. The zero-order valence-corrected chi connectivity index (χ0v) is 13.3. The van der Waals surface area contributed by atoms with Crippen LogP contribution < -0.4 is 10.8 Å². The number of unbranched alkanes of at least 4 members (excludes halogenated alkanes) is 3. The zero-order chi connectivity index (χ0) is 17.2. The SMILES string of the molecule is O=C(CCCCCCNC(=O)c1ncc(-c2ccccc2)o1)NO. The van der Waals surface area contributed by atoms with E-state index in [9.17, 15) is 9.59 Å². The highest BCUT2D eigenvalue weighted by atomic mass is 16.5. The quantitative estimate of drug-likeness (QED) is 0.372. The first-order valence-electron chi connectivity index (χ1n) is 7.93. The molecule has 2 aromatic rings. The second kappa shape index (κ2) is 9.46. The molecule has 2 amide bonds. The van der Waals surface area contributed by atoms with Gasteiger partial charge in [0, 0.05) is 18.5 Å². The Labute approximate surface area is 140 Å². The standard InChI is InChI=1S/C17H21N3O4/c21-15(20-23)10-6-1-2-7-11-18-16(22)17-19-12-14(24-17)13-8-4-3-5-9-13/h3-5,8-9,12,23H,1-2,6-7,10-11H2,(H,18,22)(H,20,21). The minimum Gasteiger partial charge on any atom is -0.432 e. The molecule has 0 aliphatic carbocycles. The lowest BCUT2D eigenvalue weighted by atomic mass is 10.1. The zero-order valence-electron chi connectivity index (χ0n) is 13.3. The summed E-state index contributed by atoms with van der Waals surface area (Å²) in [5.74, 6) is -0.102. The van der Waals surface area contributed by atoms with Gasteiger partial charge in [0.25, 0.3) is 5.89 Å². The summed E-state index contributed by atoms with van der Waals surface area (Å²) in [4.78, 5) is 26.8. The van der Waals surface area contributed by atoms with Gasteiger partial charge >= 0.3 is 5.91 Å². The molecule has 0 unspecified atom stereocenters. The molecule has 0 spiro atoms. The minimum atomic E-state index is -0.374. The van der Waals surface area contributed by atoms with Gasteiger partial charge in [-0.05, 0) is 12.8 Å². The number of hydrogen-bond donors (Lipinski definition) is 3. The summed E-state index contributed by atoms with van der Waals surface area (Å²) < 4.78 is 5.47. The number of carbonyl (C=O) groups is 2. The molecule has 0 radical (unpaired) electrons. The number of aromatic nitrogens is 1. The maximum atomic E-state index is 12.0. The van der Waals surface area contributed by atoms with E-state index in [1.807, 2.05) is 30.3 Å². The third-order valence-corrected chi connectivity index (χ3v) is 3.50. The van der Waals surface area contributed by atoms with Crippen molar-refractivity contribution in [1.29, 1.82) is 0 Å². The van der Waals surface area contributed by atoms with Crippen LogP contribution in [0.5, 0.6) is 0 Å². The normalized spacial score (nSPS) is 10.4. The van der Waals surface area contributed by atoms with Crippen LogP contribution in [0, 0.1) is 0 Å². The Morgan fingerprint density at radius 1 is 1.08 bits per heavy atom. The largest absolute Gasteiger partial charge is 0.432 e. The summed E-state index contributed by atoms with van der Waals surface area (Å²) in [6.07, 6.45) is 5.11. The third-order valence-electron chi connectivity index (χ3n) is 3.50. The molecule has 0 aliphatic heterocycles. The lowest BCUT2D eigenvalue weighted by molar-refractivity contribution is -0.129. The summed E-state index contributed by atoms with van der Waals surface area (Å²) in [5, 5.41) is 11.1. The van der Waals surface area contributed by atoms with Gasteiger partial charge in [-0.3, -0.25) is 14.8 Å². The molecule has 0 aliphatic rings. The van der Waals surface area contributed by atoms with Gasteiger partial charge in [0.1, 0.15) is 0 Å². The number of hydrogen-bond acceptors (Lipinski definition) is 5. The van der Waals surface area contributed by atoms with Crippen molar-refractivity contribution < 1.29 is 19.2 Å². The summed E-state index contributed by atoms with van der Waals surface area (Å²) in [5.41, 5.74) is 2.47. The van der Waals surface area contributed by atoms with Gasteiger partial charge < -0.3 is 9.73 Å². The number of carbonyl (C=O) groups excluding carboxylic acids is 2. The molecule has 1 aromatic carbocycles. The van der Waals surface area contributed by atoms with Crippen LogP contribution in [0.4, 0.5) is 0 Å². The van der Waals surface area contributed by atoms with Crippen LogP contribution in [0.25, 0.3) is 11.3 Å². The Bertz CT molecular complexity index is 655. The number of nitrogens with one attached hydrogen (secondary N) is 2. The van der Waals surface area contributed by atoms with Crippen molar-refractivity contribution in [3.63, 3.8) is 0 Å². The van der Waals surface area contributed by atoms with Gasteiger partial charge in [-0.15, -0.1) is 0 Å². The highest BCUT2D eigenvalue weighted by molar-refractivity contribution is 5.89. The molecule has 7 nitrogen and oxygen atoms in total. The number of oxazole rings is 1. The van der Waals surface area contributed by atoms with Crippen molar-refractivity contribution in [2.45, 2.75) is 32.1 Å². The summed E-state index contributed by atoms with van der Waals surface area (Å²) in [7, 11) is 0. The number of amides is 2. The molecule has 7 heteroatoms. The highest BCUT2D eigenvalue weighted by Gasteiger charge is 2.13. The van der Waals surface area contributed by atoms with E-state index in [2.05, 4.69) is 10.3 Å². The molecule has 24 heavy (non-hydrogen) atoms. The van der Waals surface area contributed by atoms with E-state index >= 15 is 0 Å². The number of nitrogens with zero attached hydrogens (tertiary/aromatic N) is 1. The van der Waals surface area contributed by atoms with Crippen molar-refractivity contribution in [3.05, 3.63) is 42.4 Å². The number of rotatable bonds is 9. The van der Waals surface area contributed by atoms with Gasteiger partial charge in [0.05, 0.1) is 6.20 Å². The van der Waals surface area contributed by atoms with E-state index < -0.39 is 0 Å². The van der Waals surface area contributed by atoms with E-state index in [1.54, 1.807) is 5.48 Å². The van der Waals surface area contributed by atoms with E-state index in [4.69, 9.17) is 9.62 Å². The predicted octanol–water partition coefficient (Wildman–Crippen LogP) is 2.53. The van der Waals surface area contributed by atoms with E-state index in [0.717, 1.165) is 24.8 Å². The first-order chi connectivity index (χ1) is 11.7. The monoisotopic (exact) mass is 331 g/mol. The molecule has 1 aromatic heterocycles. The maximum absolute atomic E-state index is 12.0. The van der Waals surface area contributed by atoms with Gasteiger partial charge in [0.15, 0.2) is 5.76 Å². The fourth-order valence-corrected chi connectivity index (χ4v) is 2.21. The van der Waals surface area contributed by atoms with Crippen molar-refractivity contribution in [3.8, 4) is 11.3 Å². The van der Waals surface area contributed by atoms with Crippen molar-refractivity contribution in [1.82, 2.24) is 15.8 Å². The van der Waals surface area contributed by atoms with Crippen LogP contribution in [0.3, 0.4) is 0 Å². The van der Waals surface area contributed by atoms with Gasteiger partial charge in [-0.25, -0.2) is 10.5 Å². The second-order valence-electron chi connectivity index (χ2n) is 5.35. The molecule has 0 saturated carbocycles. The Hall–Kier alpha value is -2.67. The first-order valence-corrected chi connectivity index (χ1v) is 7.93. The molecule has 0 fully saturated rings. The van der Waals surface area contributed by atoms with Crippen molar-refractivity contribution in [2.24, 2.45) is 0 Å². The lowest BCUT2D eigenvalue weighted by Crippen LogP contribution is -2.24. The van der Waals surface area contributed by atoms with E-state index in [-0.39, 0.29) is 17.7 Å². The van der Waals surface area contributed by atoms with Gasteiger partial charge in [0.2, 0.25) is 5.91 Å². The molecule has 0 saturated heterocycles. The summed E-state index contributed by atoms with van der Waals surface area (Å²) in [6.45, 7) is 0.522. The highest BCUT2D eigenvalue weighted by Crippen LogP contribution is 2.19. The Balaban J connectivity index is 1.66. The molecule has 128 valence electrons. The topological polar surface area (TPSA) is 104 Å². The molecule has 0 bridgehead atoms. The fourth-order valence-electron chi connectivity index (χ4n) is 2.21. The first kappa shape index (κ1) is 17.7. The van der Waals surface area contributed by atoms with Crippen LogP contribution in [0.1, 0.15) is 42.8 Å². The molecule has 0 atom stereocenters. The van der Waals surface area contributed by atoms with E-state index in [1.165, 1.54) is 6.20 Å². The van der Waals surface area contributed by atoms with Crippen LogP contribution in [-0.2, 0) is 4.79 Å². The lowest BCUT2D eigenvalue weighted by Gasteiger charge is -2.03. The molecular weight excluding hydrogens is 310 g/mol. The van der Waals surface area contributed by atoms with Crippen LogP contribution in [0.15, 0.2) is 40.9 Å². The van der Waals surface area contributed by atoms with Gasteiger partial charge in [-0.1, -0.05) is 43.2 Å². The van der Waals surface area contributed by atoms with Crippen molar-refractivity contribution in [2.75, 3.05) is 6.54 Å². The Morgan fingerprint density at radius 3 is 2.58 bits per heavy atom. The number of hydroxylamine groups is 1. The minimum absolute atomic E-state index is 0.0495.